The molecule has 0 N–H and O–H groups in total. The molecule has 2 rings (SSSR count). The highest BCUT2D eigenvalue weighted by molar-refractivity contribution is 5.76. The Bertz CT molecular complexity index is 331. The summed E-state index contributed by atoms with van der Waals surface area (Å²) in [7, 11) is 0. The zero-order chi connectivity index (χ0) is 9.42. The van der Waals surface area contributed by atoms with Gasteiger partial charge in [-0.3, -0.25) is 4.79 Å². The molecular formula is C10H8F2O. The van der Waals surface area contributed by atoms with Crippen LogP contribution < -0.4 is 0 Å². The lowest BCUT2D eigenvalue weighted by Crippen LogP contribution is -1.92. The first-order chi connectivity index (χ1) is 6.18. The minimum Gasteiger partial charge on any atom is -0.261 e. The third-order valence-corrected chi connectivity index (χ3v) is 2.38. The molecule has 68 valence electrons. The third-order valence-electron chi connectivity index (χ3n) is 2.38. The fraction of sp³-hybridized carbons (Fsp3) is 0.300. The molecule has 1 aromatic rings. The van der Waals surface area contributed by atoms with Crippen molar-refractivity contribution in [1.82, 2.24) is 0 Å². The average molecular weight is 182 g/mol. The molecule has 13 heavy (non-hydrogen) atoms. The van der Waals surface area contributed by atoms with Crippen LogP contribution in [-0.4, -0.2) is 6.04 Å². The highest BCUT2D eigenvalue weighted by Gasteiger charge is 2.44. The van der Waals surface area contributed by atoms with E-state index in [4.69, 9.17) is 0 Å². The van der Waals surface area contributed by atoms with Gasteiger partial charge in [0.1, 0.15) is 5.82 Å². The first kappa shape index (κ1) is 8.35. The Kier molecular flexibility index (Phi) is 1.87. The number of hydrogen-bond acceptors (Lipinski definition) is 1. The quantitative estimate of drug-likeness (QED) is 0.642. The van der Waals surface area contributed by atoms with Gasteiger partial charge in [0.2, 0.25) is 0 Å². The minimum absolute atomic E-state index is 0.0295. The summed E-state index contributed by atoms with van der Waals surface area (Å²) in [5.41, 5.74) is 0.845. The standard InChI is InChI=1S/C10H8F2O/c11-7-3-1-6(2-4-7)8-5-9(8)10(12)13/h1-4,8-9H,5H2/t8-,9+/m0/s1. The van der Waals surface area contributed by atoms with Crippen LogP contribution in [0.15, 0.2) is 24.3 Å². The lowest BCUT2D eigenvalue weighted by atomic mass is 10.1. The zero-order valence-electron chi connectivity index (χ0n) is 6.84. The number of hydrogen-bond donors (Lipinski definition) is 0. The maximum absolute atomic E-state index is 12.5. The number of halogens is 2. The minimum atomic E-state index is -1.26. The zero-order valence-corrected chi connectivity index (χ0v) is 6.84. The Morgan fingerprint density at radius 3 is 2.38 bits per heavy atom. The molecule has 0 aromatic heterocycles. The summed E-state index contributed by atoms with van der Waals surface area (Å²) in [6.07, 6.45) is 0.557. The molecule has 2 atom stereocenters. The van der Waals surface area contributed by atoms with Gasteiger partial charge in [-0.05, 0) is 30.0 Å². The molecule has 0 amide bonds. The molecule has 1 nitrogen and oxygen atoms in total. The molecule has 0 spiro atoms. The molecule has 3 heteroatoms. The SMILES string of the molecule is O=C(F)[C@@H]1C[C@H]1c1ccc(F)cc1. The van der Waals surface area contributed by atoms with Gasteiger partial charge >= 0.3 is 6.04 Å². The van der Waals surface area contributed by atoms with Crippen LogP contribution in [0.3, 0.4) is 0 Å². The average Bonchev–Trinajstić information content (AvgIpc) is 2.85. The molecule has 0 saturated heterocycles. The van der Waals surface area contributed by atoms with Crippen molar-refractivity contribution in [2.45, 2.75) is 12.3 Å². The van der Waals surface area contributed by atoms with Gasteiger partial charge in [0.25, 0.3) is 0 Å². The summed E-state index contributed by atoms with van der Waals surface area (Å²) in [6.45, 7) is 0. The van der Waals surface area contributed by atoms with Crippen molar-refractivity contribution in [1.29, 1.82) is 0 Å². The number of rotatable bonds is 2. The van der Waals surface area contributed by atoms with Crippen LogP contribution in [0.1, 0.15) is 17.9 Å². The number of carbonyl (C=O) groups is 1. The maximum Gasteiger partial charge on any atom is 0.305 e. The molecule has 0 aliphatic heterocycles. The summed E-state index contributed by atoms with van der Waals surface area (Å²) >= 11 is 0. The molecule has 0 bridgehead atoms. The second kappa shape index (κ2) is 2.91. The molecule has 1 saturated carbocycles. The predicted octanol–water partition coefficient (Wildman–Crippen LogP) is 2.43. The largest absolute Gasteiger partial charge is 0.305 e. The topological polar surface area (TPSA) is 17.1 Å². The van der Waals surface area contributed by atoms with E-state index in [2.05, 4.69) is 0 Å². The fourth-order valence-corrected chi connectivity index (χ4v) is 1.52. The number of benzene rings is 1. The normalized spacial score (nSPS) is 25.7. The fourth-order valence-electron chi connectivity index (χ4n) is 1.52. The van der Waals surface area contributed by atoms with Crippen molar-refractivity contribution in [2.24, 2.45) is 5.92 Å². The van der Waals surface area contributed by atoms with Crippen LogP contribution in [0.5, 0.6) is 0 Å². The number of carbonyl (C=O) groups excluding carboxylic acids is 1. The predicted molar refractivity (Wildman–Crippen MR) is 43.4 cm³/mol. The van der Waals surface area contributed by atoms with Gasteiger partial charge in [0, 0.05) is 0 Å². The summed E-state index contributed by atoms with van der Waals surface area (Å²) in [5, 5.41) is 0. The lowest BCUT2D eigenvalue weighted by Gasteiger charge is -1.96. The third kappa shape index (κ3) is 1.59. The van der Waals surface area contributed by atoms with Crippen LogP contribution in [0.4, 0.5) is 8.78 Å². The van der Waals surface area contributed by atoms with Gasteiger partial charge in [-0.1, -0.05) is 12.1 Å². The Labute approximate surface area is 74.4 Å². The Morgan fingerprint density at radius 1 is 1.31 bits per heavy atom. The first-order valence-corrected chi connectivity index (χ1v) is 4.13. The summed E-state index contributed by atoms with van der Waals surface area (Å²) in [4.78, 5) is 10.3. The van der Waals surface area contributed by atoms with Crippen LogP contribution in [0.2, 0.25) is 0 Å². The molecule has 1 fully saturated rings. The Hall–Kier alpha value is -1.25. The Balaban J connectivity index is 2.12. The highest BCUT2D eigenvalue weighted by atomic mass is 19.1. The first-order valence-electron chi connectivity index (χ1n) is 4.13. The summed E-state index contributed by atoms with van der Waals surface area (Å²) < 4.78 is 24.7. The smallest absolute Gasteiger partial charge is 0.261 e. The van der Waals surface area contributed by atoms with E-state index in [9.17, 15) is 13.6 Å². The van der Waals surface area contributed by atoms with Crippen LogP contribution in [0, 0.1) is 11.7 Å². The van der Waals surface area contributed by atoms with Crippen molar-refractivity contribution >= 4 is 6.04 Å². The van der Waals surface area contributed by atoms with Crippen molar-refractivity contribution in [3.63, 3.8) is 0 Å². The van der Waals surface area contributed by atoms with E-state index in [1.807, 2.05) is 0 Å². The van der Waals surface area contributed by atoms with Gasteiger partial charge in [0.15, 0.2) is 0 Å². The summed E-state index contributed by atoms with van der Waals surface area (Å²) in [5.74, 6) is -0.823. The van der Waals surface area contributed by atoms with Gasteiger partial charge in [-0.2, -0.15) is 4.39 Å². The van der Waals surface area contributed by atoms with E-state index in [1.165, 1.54) is 12.1 Å². The van der Waals surface area contributed by atoms with E-state index in [-0.39, 0.29) is 11.7 Å². The Morgan fingerprint density at radius 2 is 1.92 bits per heavy atom. The highest BCUT2D eigenvalue weighted by Crippen LogP contribution is 2.48. The lowest BCUT2D eigenvalue weighted by molar-refractivity contribution is -0.130. The van der Waals surface area contributed by atoms with Crippen LogP contribution in [-0.2, 0) is 4.79 Å². The van der Waals surface area contributed by atoms with Gasteiger partial charge in [-0.15, -0.1) is 0 Å². The van der Waals surface area contributed by atoms with Crippen molar-refractivity contribution in [3.05, 3.63) is 35.6 Å². The molecule has 0 unspecified atom stereocenters. The second-order valence-electron chi connectivity index (χ2n) is 3.30. The molecular weight excluding hydrogens is 174 g/mol. The van der Waals surface area contributed by atoms with E-state index in [0.717, 1.165) is 5.56 Å². The molecule has 1 aliphatic rings. The monoisotopic (exact) mass is 182 g/mol. The second-order valence-corrected chi connectivity index (χ2v) is 3.30. The van der Waals surface area contributed by atoms with Crippen molar-refractivity contribution < 1.29 is 13.6 Å². The van der Waals surface area contributed by atoms with Crippen molar-refractivity contribution in [3.8, 4) is 0 Å². The van der Waals surface area contributed by atoms with Gasteiger partial charge in [-0.25, -0.2) is 4.39 Å². The molecule has 1 aliphatic carbocycles. The molecule has 1 aromatic carbocycles. The van der Waals surface area contributed by atoms with Crippen LogP contribution >= 0.6 is 0 Å². The van der Waals surface area contributed by atoms with Crippen molar-refractivity contribution in [2.75, 3.05) is 0 Å². The van der Waals surface area contributed by atoms with E-state index >= 15 is 0 Å². The summed E-state index contributed by atoms with van der Waals surface area (Å²) in [6, 6.07) is 4.60. The van der Waals surface area contributed by atoms with E-state index in [0.29, 0.717) is 6.42 Å². The van der Waals surface area contributed by atoms with Gasteiger partial charge in [0.05, 0.1) is 5.92 Å². The molecule has 0 heterocycles. The molecule has 0 radical (unpaired) electrons. The van der Waals surface area contributed by atoms with Crippen LogP contribution in [0.25, 0.3) is 0 Å². The van der Waals surface area contributed by atoms with E-state index in [1.54, 1.807) is 12.1 Å². The maximum atomic E-state index is 12.5. The van der Waals surface area contributed by atoms with Gasteiger partial charge < -0.3 is 0 Å². The van der Waals surface area contributed by atoms with E-state index < -0.39 is 12.0 Å².